The van der Waals surface area contributed by atoms with Crippen molar-refractivity contribution in [2.45, 2.75) is 63.0 Å². The summed E-state index contributed by atoms with van der Waals surface area (Å²) >= 11 is 0.661. The molecule has 1 aliphatic heterocycles. The highest BCUT2D eigenvalue weighted by Crippen LogP contribution is 2.53. The number of para-hydroxylation sites is 2. The van der Waals surface area contributed by atoms with Crippen LogP contribution in [-0.2, 0) is 44.6 Å². The molecule has 0 radical (unpaired) electrons. The Hall–Kier alpha value is -4.94. The van der Waals surface area contributed by atoms with Gasteiger partial charge in [0.15, 0.2) is 5.78 Å². The molecule has 258 valence electrons. The van der Waals surface area contributed by atoms with Crippen LogP contribution in [0.25, 0.3) is 0 Å². The molecule has 0 aromatic heterocycles. The van der Waals surface area contributed by atoms with E-state index in [1.807, 2.05) is 18.2 Å². The minimum Gasteiger partial charge on any atom is -0.415 e. The monoisotopic (exact) mass is 709 g/mol. The van der Waals surface area contributed by atoms with Gasteiger partial charge in [-0.15, -0.1) is 5.06 Å². The highest BCUT2D eigenvalue weighted by atomic mass is 32.2. The molecule has 2 N–H and O–H groups in total. The van der Waals surface area contributed by atoms with E-state index >= 15 is 0 Å². The van der Waals surface area contributed by atoms with Gasteiger partial charge in [-0.1, -0.05) is 78.5 Å². The second-order valence-electron chi connectivity index (χ2n) is 11.0. The van der Waals surface area contributed by atoms with Gasteiger partial charge in [-0.05, 0) is 43.7 Å². The topological polar surface area (TPSA) is 174 Å². The largest absolute Gasteiger partial charge is 0.453 e. The summed E-state index contributed by atoms with van der Waals surface area (Å²) < 4.78 is 26.7. The zero-order chi connectivity index (χ0) is 35.4. The Bertz CT molecular complexity index is 1630. The highest BCUT2D eigenvalue weighted by molar-refractivity contribution is 8.14. The van der Waals surface area contributed by atoms with Gasteiger partial charge in [0.1, 0.15) is 11.5 Å². The Morgan fingerprint density at radius 1 is 0.776 bits per heavy atom. The first-order valence-electron chi connectivity index (χ1n) is 15.4. The Kier molecular flexibility index (Phi) is 13.1. The van der Waals surface area contributed by atoms with E-state index in [2.05, 4.69) is 10.6 Å². The fraction of sp³-hybridized carbons (Fsp3) is 0.294. The highest BCUT2D eigenvalue weighted by Gasteiger charge is 2.42. The Morgan fingerprint density at radius 3 is 1.82 bits per heavy atom. The van der Waals surface area contributed by atoms with Gasteiger partial charge in [0.25, 0.3) is 11.8 Å². The van der Waals surface area contributed by atoms with Crippen LogP contribution >= 0.6 is 19.4 Å². The lowest BCUT2D eigenvalue weighted by atomic mass is 10.1. The van der Waals surface area contributed by atoms with Gasteiger partial charge in [0.2, 0.25) is 16.9 Å². The van der Waals surface area contributed by atoms with Crippen molar-refractivity contribution in [3.8, 4) is 11.5 Å². The number of rotatable bonds is 16. The molecule has 0 spiro atoms. The van der Waals surface area contributed by atoms with Crippen LogP contribution < -0.4 is 19.7 Å². The lowest BCUT2D eigenvalue weighted by molar-refractivity contribution is -0.197. The quantitative estimate of drug-likeness (QED) is 0.158. The first-order chi connectivity index (χ1) is 23.4. The minimum atomic E-state index is -4.20. The molecule has 1 fully saturated rings. The third-order valence-corrected chi connectivity index (χ3v) is 10.2. The van der Waals surface area contributed by atoms with E-state index in [1.54, 1.807) is 72.8 Å². The van der Waals surface area contributed by atoms with E-state index in [1.165, 1.54) is 13.8 Å². The van der Waals surface area contributed by atoms with Crippen LogP contribution in [0.3, 0.4) is 0 Å². The number of hydroxylamine groups is 2. The van der Waals surface area contributed by atoms with Gasteiger partial charge >= 0.3 is 13.6 Å². The molecule has 15 heteroatoms. The first kappa shape index (κ1) is 36.9. The smallest absolute Gasteiger partial charge is 0.415 e. The minimum absolute atomic E-state index is 0.0593. The number of thioether (sulfide) groups is 1. The fourth-order valence-electron chi connectivity index (χ4n) is 4.49. The van der Waals surface area contributed by atoms with Crippen molar-refractivity contribution in [3.63, 3.8) is 0 Å². The zero-order valence-corrected chi connectivity index (χ0v) is 28.5. The number of carbonyl (C=O) groups excluding carboxylic acids is 6. The molecule has 3 aromatic carbocycles. The SMILES string of the molecule is C[C@H](NC(=O)CCC(=O)ON1C(=O)CCC1=O)C(=O)S[C@H](C)C(=O)NC(Cc1ccccc1)P(=O)(Oc1ccccc1)Oc1ccccc1. The third-order valence-electron chi connectivity index (χ3n) is 7.06. The maximum absolute atomic E-state index is 14.7. The van der Waals surface area contributed by atoms with Crippen LogP contribution in [0.4, 0.5) is 0 Å². The molecule has 1 unspecified atom stereocenters. The second kappa shape index (κ2) is 17.5. The van der Waals surface area contributed by atoms with Crippen molar-refractivity contribution in [1.29, 1.82) is 0 Å². The van der Waals surface area contributed by atoms with Crippen LogP contribution in [0.15, 0.2) is 91.0 Å². The lowest BCUT2D eigenvalue weighted by Gasteiger charge is -2.29. The summed E-state index contributed by atoms with van der Waals surface area (Å²) in [5.74, 6) is -4.16. The summed E-state index contributed by atoms with van der Waals surface area (Å²) in [7, 11) is -4.20. The molecule has 4 rings (SSSR count). The first-order valence-corrected chi connectivity index (χ1v) is 17.9. The van der Waals surface area contributed by atoms with Gasteiger partial charge in [-0.3, -0.25) is 24.0 Å². The standard InChI is InChI=1S/C34H36N3O10PS/c1-23(35-28(38)18-21-32(41)45-37-30(39)19-20-31(37)40)34(43)49-24(2)33(42)36-29(22-25-12-6-3-7-13-25)48(44,46-26-14-8-4-9-15-26)47-27-16-10-5-11-17-27/h3-17,23-24,29H,18-22H2,1-2H3,(H,35,38)(H,36,42)/t23-,24+,29?/m0/s1. The van der Waals surface area contributed by atoms with Crippen molar-refractivity contribution in [2.75, 3.05) is 0 Å². The number of hydrogen-bond acceptors (Lipinski definition) is 11. The maximum atomic E-state index is 14.7. The predicted octanol–water partition coefficient (Wildman–Crippen LogP) is 4.56. The van der Waals surface area contributed by atoms with Crippen LogP contribution in [0.1, 0.15) is 45.1 Å². The van der Waals surface area contributed by atoms with Crippen LogP contribution in [0.2, 0.25) is 0 Å². The molecule has 13 nitrogen and oxygen atoms in total. The Morgan fingerprint density at radius 2 is 1.29 bits per heavy atom. The number of hydrogen-bond donors (Lipinski definition) is 2. The molecule has 3 atom stereocenters. The molecule has 3 aromatic rings. The molecular weight excluding hydrogens is 673 g/mol. The van der Waals surface area contributed by atoms with Crippen molar-refractivity contribution in [2.24, 2.45) is 0 Å². The van der Waals surface area contributed by atoms with Crippen LogP contribution in [0, 0.1) is 0 Å². The number of carbonyl (C=O) groups is 6. The normalized spacial score (nSPS) is 14.7. The van der Waals surface area contributed by atoms with Crippen molar-refractivity contribution < 1.29 is 47.2 Å². The molecular formula is C34H36N3O10PS. The number of nitrogens with zero attached hydrogens (tertiary/aromatic N) is 1. The molecule has 49 heavy (non-hydrogen) atoms. The van der Waals surface area contributed by atoms with Gasteiger partial charge in [-0.25, -0.2) is 9.36 Å². The van der Waals surface area contributed by atoms with Gasteiger partial charge in [0.05, 0.1) is 17.7 Å². The van der Waals surface area contributed by atoms with Gasteiger partial charge in [0, 0.05) is 25.7 Å². The van der Waals surface area contributed by atoms with E-state index in [-0.39, 0.29) is 37.2 Å². The summed E-state index contributed by atoms with van der Waals surface area (Å²) in [6.07, 6.45) is -0.849. The summed E-state index contributed by atoms with van der Waals surface area (Å²) in [5, 5.41) is 4.10. The van der Waals surface area contributed by atoms with Crippen LogP contribution in [0.5, 0.6) is 11.5 Å². The maximum Gasteiger partial charge on any atom is 0.453 e. The van der Waals surface area contributed by atoms with E-state index in [4.69, 9.17) is 13.9 Å². The average Bonchev–Trinajstić information content (AvgIpc) is 3.40. The van der Waals surface area contributed by atoms with E-state index in [0.717, 1.165) is 5.56 Å². The number of nitrogens with one attached hydrogen (secondary N) is 2. The Labute approximate surface area is 287 Å². The molecule has 0 bridgehead atoms. The molecule has 1 aliphatic rings. The third kappa shape index (κ3) is 11.0. The predicted molar refractivity (Wildman–Crippen MR) is 180 cm³/mol. The lowest BCUT2D eigenvalue weighted by Crippen LogP contribution is -2.43. The second-order valence-corrected chi connectivity index (χ2v) is 14.4. The molecule has 0 saturated carbocycles. The summed E-state index contributed by atoms with van der Waals surface area (Å²) in [4.78, 5) is 78.9. The molecule has 0 aliphatic carbocycles. The number of imide groups is 1. The molecule has 4 amide bonds. The summed E-state index contributed by atoms with van der Waals surface area (Å²) in [6.45, 7) is 2.91. The average molecular weight is 710 g/mol. The van der Waals surface area contributed by atoms with Crippen molar-refractivity contribution >= 4 is 54.1 Å². The zero-order valence-electron chi connectivity index (χ0n) is 26.8. The molecule has 1 saturated heterocycles. The Balaban J connectivity index is 1.40. The fourth-order valence-corrected chi connectivity index (χ4v) is 7.12. The van der Waals surface area contributed by atoms with E-state index in [0.29, 0.717) is 16.8 Å². The summed E-state index contributed by atoms with van der Waals surface area (Å²) in [5.41, 5.74) is 0.747. The van der Waals surface area contributed by atoms with Crippen LogP contribution in [-0.4, -0.2) is 56.9 Å². The van der Waals surface area contributed by atoms with E-state index in [9.17, 15) is 33.3 Å². The number of benzene rings is 3. The summed E-state index contributed by atoms with van der Waals surface area (Å²) in [6, 6.07) is 24.9. The molecule has 1 heterocycles. The number of amides is 4. The van der Waals surface area contributed by atoms with Crippen molar-refractivity contribution in [1.82, 2.24) is 15.7 Å². The van der Waals surface area contributed by atoms with E-state index < -0.39 is 65.8 Å². The van der Waals surface area contributed by atoms with Gasteiger partial charge < -0.3 is 24.5 Å². The van der Waals surface area contributed by atoms with Gasteiger partial charge in [-0.2, -0.15) is 0 Å². The van der Waals surface area contributed by atoms with Crippen molar-refractivity contribution in [3.05, 3.63) is 96.6 Å².